The Bertz CT molecular complexity index is 324. The number of nitrogens with zero attached hydrogens (tertiary/aromatic N) is 1. The van der Waals surface area contributed by atoms with Gasteiger partial charge in [0, 0.05) is 12.2 Å². The van der Waals surface area contributed by atoms with Gasteiger partial charge >= 0.3 is 0 Å². The highest BCUT2D eigenvalue weighted by atomic mass is 19.1. The van der Waals surface area contributed by atoms with E-state index in [1.165, 1.54) is 12.1 Å². The van der Waals surface area contributed by atoms with Crippen molar-refractivity contribution in [1.29, 1.82) is 0 Å². The largest absolute Gasteiger partial charge is 0.314 e. The summed E-state index contributed by atoms with van der Waals surface area (Å²) < 4.78 is 12.7. The number of fused-ring (bicyclic) bond motifs is 1. The molecule has 3 heteroatoms. The molecule has 0 fully saturated rings. The molecule has 0 N–H and O–H groups in total. The molecule has 1 aromatic rings. The van der Waals surface area contributed by atoms with E-state index in [4.69, 9.17) is 0 Å². The van der Waals surface area contributed by atoms with Crippen LogP contribution in [0.5, 0.6) is 0 Å². The van der Waals surface area contributed by atoms with E-state index >= 15 is 0 Å². The lowest BCUT2D eigenvalue weighted by Gasteiger charge is -2.08. The van der Waals surface area contributed by atoms with Gasteiger partial charge in [-0.05, 0) is 30.2 Å². The van der Waals surface area contributed by atoms with Crippen LogP contribution < -0.4 is 4.90 Å². The van der Waals surface area contributed by atoms with E-state index in [2.05, 4.69) is 0 Å². The van der Waals surface area contributed by atoms with Gasteiger partial charge in [0.05, 0.1) is 0 Å². The fourth-order valence-electron chi connectivity index (χ4n) is 1.51. The minimum atomic E-state index is -0.235. The van der Waals surface area contributed by atoms with Crippen molar-refractivity contribution in [1.82, 2.24) is 0 Å². The third-order valence-electron chi connectivity index (χ3n) is 2.10. The molecule has 1 heterocycles. The fourth-order valence-corrected chi connectivity index (χ4v) is 1.51. The van der Waals surface area contributed by atoms with Gasteiger partial charge in [-0.1, -0.05) is 0 Å². The van der Waals surface area contributed by atoms with Crippen molar-refractivity contribution < 1.29 is 9.18 Å². The van der Waals surface area contributed by atoms with Crippen LogP contribution in [0, 0.1) is 5.82 Å². The summed E-state index contributed by atoms with van der Waals surface area (Å²) in [6, 6.07) is 4.51. The molecular weight excluding hydrogens is 157 g/mol. The van der Waals surface area contributed by atoms with Crippen molar-refractivity contribution in [3.8, 4) is 0 Å². The minimum absolute atomic E-state index is 0.235. The molecule has 0 bridgehead atoms. The monoisotopic (exact) mass is 165 g/mol. The Balaban J connectivity index is 2.47. The average Bonchev–Trinajstić information content (AvgIpc) is 2.46. The van der Waals surface area contributed by atoms with E-state index in [1.54, 1.807) is 11.0 Å². The first-order valence-electron chi connectivity index (χ1n) is 3.81. The lowest BCUT2D eigenvalue weighted by atomic mass is 10.2. The van der Waals surface area contributed by atoms with Gasteiger partial charge < -0.3 is 4.90 Å². The summed E-state index contributed by atoms with van der Waals surface area (Å²) >= 11 is 0. The predicted molar refractivity (Wildman–Crippen MR) is 43.5 cm³/mol. The molecule has 0 unspecified atom stereocenters. The van der Waals surface area contributed by atoms with Crippen molar-refractivity contribution in [3.05, 3.63) is 29.6 Å². The number of halogens is 1. The summed E-state index contributed by atoms with van der Waals surface area (Å²) in [6.07, 6.45) is 1.54. The van der Waals surface area contributed by atoms with E-state index in [0.717, 1.165) is 24.1 Å². The molecule has 12 heavy (non-hydrogen) atoms. The van der Waals surface area contributed by atoms with E-state index in [0.29, 0.717) is 6.54 Å². The zero-order valence-corrected chi connectivity index (χ0v) is 6.46. The second-order valence-electron chi connectivity index (χ2n) is 2.82. The van der Waals surface area contributed by atoms with E-state index in [9.17, 15) is 9.18 Å². The van der Waals surface area contributed by atoms with Gasteiger partial charge in [0.1, 0.15) is 5.82 Å². The molecule has 0 saturated carbocycles. The second-order valence-corrected chi connectivity index (χ2v) is 2.82. The van der Waals surface area contributed by atoms with Crippen molar-refractivity contribution in [2.24, 2.45) is 0 Å². The Morgan fingerprint density at radius 3 is 3.08 bits per heavy atom. The molecule has 0 atom stereocenters. The van der Waals surface area contributed by atoms with Gasteiger partial charge in [0.2, 0.25) is 6.41 Å². The van der Waals surface area contributed by atoms with Crippen molar-refractivity contribution >= 4 is 12.1 Å². The highest BCUT2D eigenvalue weighted by molar-refractivity contribution is 5.79. The number of rotatable bonds is 1. The number of amides is 1. The Hall–Kier alpha value is -1.38. The van der Waals surface area contributed by atoms with Crippen LogP contribution >= 0.6 is 0 Å². The Kier molecular flexibility index (Phi) is 1.57. The molecule has 0 spiro atoms. The summed E-state index contributed by atoms with van der Waals surface area (Å²) in [5, 5.41) is 0. The topological polar surface area (TPSA) is 20.3 Å². The van der Waals surface area contributed by atoms with Crippen molar-refractivity contribution in [2.45, 2.75) is 6.42 Å². The number of carbonyl (C=O) groups is 1. The standard InChI is InChI=1S/C9H8FNO/c10-8-1-2-9-7(5-8)3-4-11(9)6-12/h1-2,5-6H,3-4H2. The van der Waals surface area contributed by atoms with Crippen LogP contribution in [-0.4, -0.2) is 13.0 Å². The summed E-state index contributed by atoms with van der Waals surface area (Å²) in [7, 11) is 0. The van der Waals surface area contributed by atoms with E-state index in [1.807, 2.05) is 0 Å². The molecule has 62 valence electrons. The summed E-state index contributed by atoms with van der Waals surface area (Å²) in [5.41, 5.74) is 1.76. The normalized spacial score (nSPS) is 14.6. The van der Waals surface area contributed by atoms with Crippen molar-refractivity contribution in [2.75, 3.05) is 11.4 Å². The first-order chi connectivity index (χ1) is 5.81. The van der Waals surface area contributed by atoms with Gasteiger partial charge in [0.15, 0.2) is 0 Å². The first kappa shape index (κ1) is 7.28. The van der Waals surface area contributed by atoms with E-state index in [-0.39, 0.29) is 5.82 Å². The lowest BCUT2D eigenvalue weighted by molar-refractivity contribution is -0.107. The Labute approximate surface area is 69.6 Å². The maximum absolute atomic E-state index is 12.7. The van der Waals surface area contributed by atoms with Crippen molar-refractivity contribution in [3.63, 3.8) is 0 Å². The molecule has 1 aliphatic rings. The lowest BCUT2D eigenvalue weighted by Crippen LogP contribution is -2.17. The molecule has 1 aliphatic heterocycles. The Morgan fingerprint density at radius 1 is 1.50 bits per heavy atom. The molecule has 2 rings (SSSR count). The smallest absolute Gasteiger partial charge is 0.214 e. The number of hydrogen-bond acceptors (Lipinski definition) is 1. The molecule has 1 aromatic carbocycles. The molecule has 2 nitrogen and oxygen atoms in total. The highest BCUT2D eigenvalue weighted by Gasteiger charge is 2.17. The first-order valence-corrected chi connectivity index (χ1v) is 3.81. The SMILES string of the molecule is O=CN1CCc2cc(F)ccc21. The molecule has 0 aromatic heterocycles. The van der Waals surface area contributed by atoms with Gasteiger partial charge in [-0.25, -0.2) is 4.39 Å². The van der Waals surface area contributed by atoms with Crippen LogP contribution in [0.4, 0.5) is 10.1 Å². The third kappa shape index (κ3) is 0.978. The zero-order valence-electron chi connectivity index (χ0n) is 6.46. The third-order valence-corrected chi connectivity index (χ3v) is 2.10. The van der Waals surface area contributed by atoms with E-state index < -0.39 is 0 Å². The van der Waals surface area contributed by atoms with Crippen LogP contribution in [0.2, 0.25) is 0 Å². The maximum atomic E-state index is 12.7. The summed E-state index contributed by atoms with van der Waals surface area (Å²) in [5.74, 6) is -0.235. The van der Waals surface area contributed by atoms with Crippen LogP contribution in [0.1, 0.15) is 5.56 Å². The van der Waals surface area contributed by atoms with Gasteiger partial charge in [-0.15, -0.1) is 0 Å². The number of hydrogen-bond donors (Lipinski definition) is 0. The Morgan fingerprint density at radius 2 is 2.33 bits per heavy atom. The zero-order chi connectivity index (χ0) is 8.55. The molecule has 0 aliphatic carbocycles. The predicted octanol–water partition coefficient (Wildman–Crippen LogP) is 1.34. The fraction of sp³-hybridized carbons (Fsp3) is 0.222. The summed E-state index contributed by atoms with van der Waals surface area (Å²) in [4.78, 5) is 12.1. The van der Waals surface area contributed by atoms with Crippen LogP contribution in [-0.2, 0) is 11.2 Å². The average molecular weight is 165 g/mol. The summed E-state index contributed by atoms with van der Waals surface area (Å²) in [6.45, 7) is 0.669. The van der Waals surface area contributed by atoms with Crippen LogP contribution in [0.15, 0.2) is 18.2 Å². The molecule has 1 amide bonds. The quantitative estimate of drug-likeness (QED) is 0.575. The number of carbonyl (C=O) groups excluding carboxylic acids is 1. The molecule has 0 saturated heterocycles. The molecule has 0 radical (unpaired) electrons. The van der Waals surface area contributed by atoms with Gasteiger partial charge in [-0.3, -0.25) is 4.79 Å². The number of benzene rings is 1. The second kappa shape index (κ2) is 2.59. The van der Waals surface area contributed by atoms with Gasteiger partial charge in [0.25, 0.3) is 0 Å². The van der Waals surface area contributed by atoms with Crippen LogP contribution in [0.25, 0.3) is 0 Å². The number of anilines is 1. The molecular formula is C9H8FNO. The maximum Gasteiger partial charge on any atom is 0.214 e. The highest BCUT2D eigenvalue weighted by Crippen LogP contribution is 2.26. The van der Waals surface area contributed by atoms with Gasteiger partial charge in [-0.2, -0.15) is 0 Å². The minimum Gasteiger partial charge on any atom is -0.314 e. The van der Waals surface area contributed by atoms with Crippen LogP contribution in [0.3, 0.4) is 0 Å².